The Morgan fingerprint density at radius 1 is 0.706 bits per heavy atom. The predicted molar refractivity (Wildman–Crippen MR) is 81.4 cm³/mol. The van der Waals surface area contributed by atoms with Gasteiger partial charge in [-0.05, 0) is 19.3 Å². The van der Waals surface area contributed by atoms with Gasteiger partial charge in [0, 0.05) is 11.3 Å². The van der Waals surface area contributed by atoms with Crippen LogP contribution in [0.2, 0.25) is 0 Å². The Balaban J connectivity index is 3.09. The first-order valence-corrected chi connectivity index (χ1v) is 8.48. The van der Waals surface area contributed by atoms with Crippen molar-refractivity contribution < 1.29 is 0 Å². The number of unbranched alkanes of at least 4 members (excludes halogenated alkanes) is 8. The van der Waals surface area contributed by atoms with Crippen LogP contribution < -0.4 is 0 Å². The van der Waals surface area contributed by atoms with Gasteiger partial charge in [-0.1, -0.05) is 64.7 Å². The highest BCUT2D eigenvalue weighted by atomic mass is 35.5. The van der Waals surface area contributed by atoms with E-state index in [0.717, 1.165) is 5.88 Å². The lowest BCUT2D eigenvalue weighted by atomic mass is 10.0. The van der Waals surface area contributed by atoms with E-state index >= 15 is 0 Å². The summed E-state index contributed by atoms with van der Waals surface area (Å²) in [4.78, 5) is 0. The molecule has 0 nitrogen and oxygen atoms in total. The van der Waals surface area contributed by atoms with Crippen molar-refractivity contribution in [3.05, 3.63) is 0 Å². The molecule has 0 N–H and O–H groups in total. The fourth-order valence-corrected chi connectivity index (χ4v) is 2.60. The maximum absolute atomic E-state index is 6.31. The normalized spacial score (nSPS) is 12.9. The molecule has 1 unspecified atom stereocenters. The molecule has 0 amide bonds. The van der Waals surface area contributed by atoms with Crippen LogP contribution in [0.15, 0.2) is 0 Å². The van der Waals surface area contributed by atoms with E-state index in [1.807, 2.05) is 0 Å². The Morgan fingerprint density at radius 2 is 1.18 bits per heavy atom. The molecule has 2 heteroatoms. The van der Waals surface area contributed by atoms with Gasteiger partial charge in [0.15, 0.2) is 0 Å². The Morgan fingerprint density at radius 3 is 1.71 bits per heavy atom. The second-order valence-corrected chi connectivity index (χ2v) is 6.04. The fraction of sp³-hybridized carbons (Fsp3) is 1.00. The monoisotopic (exact) mass is 280 g/mol. The van der Waals surface area contributed by atoms with Gasteiger partial charge in [0.1, 0.15) is 0 Å². The van der Waals surface area contributed by atoms with Crippen LogP contribution in [0.1, 0.15) is 84.0 Å². The molecule has 0 saturated carbocycles. The lowest BCUT2D eigenvalue weighted by Crippen LogP contribution is -1.98. The van der Waals surface area contributed by atoms with Gasteiger partial charge in [-0.25, -0.2) is 0 Å². The number of hydrogen-bond donors (Lipinski definition) is 0. The second kappa shape index (κ2) is 14.6. The van der Waals surface area contributed by atoms with E-state index in [0.29, 0.717) is 5.38 Å². The van der Waals surface area contributed by atoms with E-state index in [1.165, 1.54) is 77.0 Å². The topological polar surface area (TPSA) is 0 Å². The summed E-state index contributed by atoms with van der Waals surface area (Å²) in [6.07, 6.45) is 15.6. The Bertz CT molecular complexity index is 137. The molecule has 0 aliphatic heterocycles. The molecule has 0 aromatic rings. The van der Waals surface area contributed by atoms with Crippen molar-refractivity contribution >= 4 is 23.2 Å². The number of alkyl halides is 2. The molecule has 1 atom stereocenters. The lowest BCUT2D eigenvalue weighted by Gasteiger charge is -2.08. The van der Waals surface area contributed by atoms with Crippen LogP contribution in [0, 0.1) is 0 Å². The Hall–Kier alpha value is 0.580. The summed E-state index contributed by atoms with van der Waals surface area (Å²) >= 11 is 11.9. The summed E-state index contributed by atoms with van der Waals surface area (Å²) in [6.45, 7) is 2.26. The minimum absolute atomic E-state index is 0.421. The van der Waals surface area contributed by atoms with E-state index < -0.39 is 0 Å². The van der Waals surface area contributed by atoms with Crippen molar-refractivity contribution in [1.82, 2.24) is 0 Å². The summed E-state index contributed by atoms with van der Waals surface area (Å²) < 4.78 is 0. The zero-order chi connectivity index (χ0) is 12.8. The smallest absolute Gasteiger partial charge is 0.0336 e. The van der Waals surface area contributed by atoms with Crippen molar-refractivity contribution in [3.63, 3.8) is 0 Å². The lowest BCUT2D eigenvalue weighted by molar-refractivity contribution is 0.548. The highest BCUT2D eigenvalue weighted by Crippen LogP contribution is 2.17. The quantitative estimate of drug-likeness (QED) is 0.266. The molecular weight excluding hydrogens is 251 g/mol. The van der Waals surface area contributed by atoms with Crippen molar-refractivity contribution in [2.45, 2.75) is 89.4 Å². The molecule has 0 bridgehead atoms. The van der Waals surface area contributed by atoms with Crippen LogP contribution >= 0.6 is 23.2 Å². The summed E-state index contributed by atoms with van der Waals surface area (Å²) in [6, 6.07) is 0. The zero-order valence-electron chi connectivity index (χ0n) is 11.5. The van der Waals surface area contributed by atoms with E-state index in [-0.39, 0.29) is 0 Å². The predicted octanol–water partition coefficient (Wildman–Crippen LogP) is 6.53. The van der Waals surface area contributed by atoms with E-state index in [1.54, 1.807) is 0 Å². The van der Waals surface area contributed by atoms with Crippen molar-refractivity contribution in [1.29, 1.82) is 0 Å². The summed E-state index contributed by atoms with van der Waals surface area (Å²) in [5.41, 5.74) is 0. The van der Waals surface area contributed by atoms with Crippen LogP contribution in [0.25, 0.3) is 0 Å². The second-order valence-electron chi connectivity index (χ2n) is 5.05. The third kappa shape index (κ3) is 14.5. The van der Waals surface area contributed by atoms with E-state index in [9.17, 15) is 0 Å². The minimum atomic E-state index is 0.421. The number of rotatable bonds is 13. The first-order valence-electron chi connectivity index (χ1n) is 7.51. The summed E-state index contributed by atoms with van der Waals surface area (Å²) in [5, 5.41) is 0.421. The van der Waals surface area contributed by atoms with Crippen LogP contribution in [0.4, 0.5) is 0 Å². The van der Waals surface area contributed by atoms with Crippen molar-refractivity contribution in [2.75, 3.05) is 5.88 Å². The van der Waals surface area contributed by atoms with Crippen LogP contribution in [0.5, 0.6) is 0 Å². The minimum Gasteiger partial charge on any atom is -0.127 e. The molecule has 104 valence electrons. The molecule has 0 rings (SSSR count). The molecule has 0 aromatic heterocycles. The van der Waals surface area contributed by atoms with Gasteiger partial charge in [0.2, 0.25) is 0 Å². The van der Waals surface area contributed by atoms with E-state index in [4.69, 9.17) is 23.2 Å². The Labute approximate surface area is 118 Å². The van der Waals surface area contributed by atoms with Gasteiger partial charge in [0.25, 0.3) is 0 Å². The molecule has 17 heavy (non-hydrogen) atoms. The van der Waals surface area contributed by atoms with Crippen LogP contribution in [-0.2, 0) is 0 Å². The third-order valence-electron chi connectivity index (χ3n) is 3.27. The fourth-order valence-electron chi connectivity index (χ4n) is 2.10. The van der Waals surface area contributed by atoms with Gasteiger partial charge in [0.05, 0.1) is 0 Å². The summed E-state index contributed by atoms with van der Waals surface area (Å²) in [5.74, 6) is 0.815. The highest BCUT2D eigenvalue weighted by Gasteiger charge is 2.03. The molecule has 0 fully saturated rings. The van der Waals surface area contributed by atoms with Gasteiger partial charge in [-0.2, -0.15) is 0 Å². The number of hydrogen-bond acceptors (Lipinski definition) is 0. The molecular formula is C15H30Cl2. The van der Waals surface area contributed by atoms with Crippen molar-refractivity contribution in [3.8, 4) is 0 Å². The van der Waals surface area contributed by atoms with Crippen LogP contribution in [0.3, 0.4) is 0 Å². The van der Waals surface area contributed by atoms with Crippen LogP contribution in [-0.4, -0.2) is 11.3 Å². The molecule has 0 aliphatic carbocycles. The maximum Gasteiger partial charge on any atom is 0.0336 e. The van der Waals surface area contributed by atoms with Gasteiger partial charge < -0.3 is 0 Å². The average molecular weight is 281 g/mol. The standard InChI is InChI=1S/C15H30Cl2/c1-2-3-4-6-9-12-15(17)13-10-7-5-8-11-14-16/h15H,2-14H2,1H3. The largest absolute Gasteiger partial charge is 0.127 e. The molecule has 0 aliphatic rings. The van der Waals surface area contributed by atoms with Gasteiger partial charge in [-0.3, -0.25) is 0 Å². The van der Waals surface area contributed by atoms with Gasteiger partial charge >= 0.3 is 0 Å². The molecule has 0 heterocycles. The Kier molecular flexibility index (Phi) is 15.1. The first kappa shape index (κ1) is 17.6. The third-order valence-corrected chi connectivity index (χ3v) is 3.98. The molecule has 0 aromatic carbocycles. The molecule has 0 saturated heterocycles. The molecule has 0 spiro atoms. The van der Waals surface area contributed by atoms with Crippen molar-refractivity contribution in [2.24, 2.45) is 0 Å². The van der Waals surface area contributed by atoms with E-state index in [2.05, 4.69) is 6.92 Å². The first-order chi connectivity index (χ1) is 8.31. The maximum atomic E-state index is 6.31. The van der Waals surface area contributed by atoms with Gasteiger partial charge in [-0.15, -0.1) is 23.2 Å². The zero-order valence-corrected chi connectivity index (χ0v) is 13.0. The number of halogens is 2. The average Bonchev–Trinajstić information content (AvgIpc) is 2.33. The SMILES string of the molecule is CCCCCCCC(Cl)CCCCCCCCl. The summed E-state index contributed by atoms with van der Waals surface area (Å²) in [7, 11) is 0. The molecule has 0 radical (unpaired) electrons. The highest BCUT2D eigenvalue weighted by molar-refractivity contribution is 6.20.